The van der Waals surface area contributed by atoms with Crippen molar-refractivity contribution in [3.63, 3.8) is 0 Å². The van der Waals surface area contributed by atoms with Crippen LogP contribution in [0.2, 0.25) is 0 Å². The quantitative estimate of drug-likeness (QED) is 0.0261. The van der Waals surface area contributed by atoms with E-state index in [0.29, 0.717) is 19.3 Å². The maximum Gasteiger partial charge on any atom is 0.306 e. The van der Waals surface area contributed by atoms with Crippen molar-refractivity contribution < 1.29 is 28.6 Å². The summed E-state index contributed by atoms with van der Waals surface area (Å²) in [6.07, 6.45) is 99.1. The van der Waals surface area contributed by atoms with E-state index in [2.05, 4.69) is 154 Å². The third-order valence-electron chi connectivity index (χ3n) is 14.7. The highest BCUT2D eigenvalue weighted by Crippen LogP contribution is 2.17. The van der Waals surface area contributed by atoms with Crippen molar-refractivity contribution in [3.05, 3.63) is 134 Å². The summed E-state index contributed by atoms with van der Waals surface area (Å²) in [5, 5.41) is 0. The molecule has 0 amide bonds. The summed E-state index contributed by atoms with van der Waals surface area (Å²) < 4.78 is 16.9. The van der Waals surface area contributed by atoms with Gasteiger partial charge in [0.05, 0.1) is 0 Å². The molecule has 0 rings (SSSR count). The first kappa shape index (κ1) is 78.5. The zero-order valence-electron chi connectivity index (χ0n) is 54.2. The van der Waals surface area contributed by atoms with Crippen LogP contribution in [-0.2, 0) is 28.6 Å². The standard InChI is InChI=1S/C77H128O6/c1-4-7-10-13-16-19-22-25-28-30-31-32-33-34-35-36-37-38-39-40-41-42-43-44-45-47-49-52-55-58-61-64-67-70-76(79)82-73-74(72-81-75(78)69-66-63-60-57-54-51-48-27-24-21-18-15-12-9-6-3)83-77(80)71-68-65-62-59-56-53-50-46-29-26-23-20-17-14-11-8-5-2/h7-8,10-11,16-17,19-20,25-26,28-29,31-32,34-35,37-38,50,53,59,62,74H,4-6,9,12-15,18,21-24,27,30,33,36,39-49,51-52,54-58,60-61,63-73H2,1-3H3/b10-7-,11-8-,19-16-,20-17-,28-25-,29-26-,32-31-,35-34-,38-37-,53-50-,62-59-. The summed E-state index contributed by atoms with van der Waals surface area (Å²) in [5.41, 5.74) is 0. The highest BCUT2D eigenvalue weighted by atomic mass is 16.6. The fourth-order valence-corrected chi connectivity index (χ4v) is 9.54. The van der Waals surface area contributed by atoms with E-state index < -0.39 is 6.10 Å². The first-order chi connectivity index (χ1) is 41.0. The van der Waals surface area contributed by atoms with Gasteiger partial charge in [-0.2, -0.15) is 0 Å². The maximum atomic E-state index is 12.9. The molecular weight excluding hydrogens is 1020 g/mol. The van der Waals surface area contributed by atoms with Crippen LogP contribution in [0, 0.1) is 0 Å². The number of allylic oxidation sites excluding steroid dienone is 22. The van der Waals surface area contributed by atoms with E-state index in [1.54, 1.807) is 0 Å². The highest BCUT2D eigenvalue weighted by molar-refractivity contribution is 5.71. The Morgan fingerprint density at radius 2 is 0.482 bits per heavy atom. The Balaban J connectivity index is 4.28. The Morgan fingerprint density at radius 1 is 0.253 bits per heavy atom. The first-order valence-electron chi connectivity index (χ1n) is 34.7. The van der Waals surface area contributed by atoms with Gasteiger partial charge >= 0.3 is 17.9 Å². The van der Waals surface area contributed by atoms with Gasteiger partial charge in [-0.1, -0.05) is 321 Å². The van der Waals surface area contributed by atoms with Gasteiger partial charge in [0.2, 0.25) is 0 Å². The molecule has 0 aromatic heterocycles. The fraction of sp³-hybridized carbons (Fsp3) is 0.675. The summed E-state index contributed by atoms with van der Waals surface area (Å²) in [6, 6.07) is 0. The van der Waals surface area contributed by atoms with E-state index in [0.717, 1.165) is 116 Å². The average Bonchev–Trinajstić information content (AvgIpc) is 3.49. The minimum atomic E-state index is -0.810. The lowest BCUT2D eigenvalue weighted by Gasteiger charge is -2.18. The molecule has 1 atom stereocenters. The molecule has 0 aliphatic heterocycles. The zero-order chi connectivity index (χ0) is 59.9. The zero-order valence-corrected chi connectivity index (χ0v) is 54.2. The number of esters is 3. The number of unbranched alkanes of at least 4 members (excludes halogenated alkanes) is 29. The van der Waals surface area contributed by atoms with E-state index in [9.17, 15) is 14.4 Å². The van der Waals surface area contributed by atoms with E-state index >= 15 is 0 Å². The van der Waals surface area contributed by atoms with Gasteiger partial charge in [0.1, 0.15) is 13.2 Å². The maximum absolute atomic E-state index is 12.9. The lowest BCUT2D eigenvalue weighted by Crippen LogP contribution is -2.30. The molecule has 0 aliphatic rings. The Hall–Kier alpha value is -4.45. The first-order valence-corrected chi connectivity index (χ1v) is 34.7. The van der Waals surface area contributed by atoms with E-state index in [4.69, 9.17) is 14.2 Å². The Kier molecular flexibility index (Phi) is 66.3. The second-order valence-corrected chi connectivity index (χ2v) is 22.7. The monoisotopic (exact) mass is 1150 g/mol. The number of hydrogen-bond donors (Lipinski definition) is 0. The van der Waals surface area contributed by atoms with Crippen LogP contribution in [0.4, 0.5) is 0 Å². The second kappa shape index (κ2) is 70.0. The lowest BCUT2D eigenvalue weighted by atomic mass is 10.0. The molecule has 0 radical (unpaired) electrons. The normalized spacial score (nSPS) is 13.0. The van der Waals surface area contributed by atoms with Gasteiger partial charge in [0.25, 0.3) is 0 Å². The van der Waals surface area contributed by atoms with Crippen LogP contribution in [0.25, 0.3) is 0 Å². The van der Waals surface area contributed by atoms with E-state index in [1.165, 1.54) is 154 Å². The second-order valence-electron chi connectivity index (χ2n) is 22.7. The average molecular weight is 1150 g/mol. The molecule has 0 saturated heterocycles. The van der Waals surface area contributed by atoms with Gasteiger partial charge in [-0.05, 0) is 109 Å². The smallest absolute Gasteiger partial charge is 0.306 e. The lowest BCUT2D eigenvalue weighted by molar-refractivity contribution is -0.167. The Morgan fingerprint density at radius 3 is 0.771 bits per heavy atom. The molecule has 1 unspecified atom stereocenters. The number of rotatable bonds is 62. The van der Waals surface area contributed by atoms with Crippen LogP contribution in [-0.4, -0.2) is 37.2 Å². The predicted octanol–water partition coefficient (Wildman–Crippen LogP) is 24.1. The molecule has 472 valence electrons. The molecular formula is C77H128O6. The molecule has 0 aliphatic carbocycles. The largest absolute Gasteiger partial charge is 0.462 e. The van der Waals surface area contributed by atoms with E-state index in [1.807, 2.05) is 0 Å². The number of carbonyl (C=O) groups is 3. The molecule has 0 bridgehead atoms. The van der Waals surface area contributed by atoms with Crippen molar-refractivity contribution >= 4 is 17.9 Å². The fourth-order valence-electron chi connectivity index (χ4n) is 9.54. The number of carbonyl (C=O) groups excluding carboxylic acids is 3. The van der Waals surface area contributed by atoms with Crippen LogP contribution in [0.5, 0.6) is 0 Å². The van der Waals surface area contributed by atoms with Gasteiger partial charge in [0, 0.05) is 19.3 Å². The van der Waals surface area contributed by atoms with Crippen LogP contribution < -0.4 is 0 Å². The summed E-state index contributed by atoms with van der Waals surface area (Å²) in [7, 11) is 0. The van der Waals surface area contributed by atoms with Gasteiger partial charge in [-0.15, -0.1) is 0 Å². The minimum absolute atomic E-state index is 0.0995. The number of hydrogen-bond acceptors (Lipinski definition) is 6. The number of ether oxygens (including phenoxy) is 3. The van der Waals surface area contributed by atoms with Gasteiger partial charge in [-0.3, -0.25) is 14.4 Å². The van der Waals surface area contributed by atoms with Crippen LogP contribution in [0.3, 0.4) is 0 Å². The van der Waals surface area contributed by atoms with Crippen molar-refractivity contribution in [2.24, 2.45) is 0 Å². The molecule has 0 N–H and O–H groups in total. The molecule has 6 heteroatoms. The minimum Gasteiger partial charge on any atom is -0.462 e. The van der Waals surface area contributed by atoms with Crippen molar-refractivity contribution in [1.29, 1.82) is 0 Å². The van der Waals surface area contributed by atoms with Gasteiger partial charge < -0.3 is 14.2 Å². The molecule has 0 heterocycles. The SMILES string of the molecule is CC/C=C\C/C=C\C/C=C\C/C=C\C/C=C\C/C=C\CCCCCCCCCCCCCCCCC(=O)OCC(COC(=O)CCCCCCCCCCCCCCCCC)OC(=O)CCC/C=C\C/C=C\C/C=C\C/C=C\C/C=C\CC. The summed E-state index contributed by atoms with van der Waals surface area (Å²) in [6.45, 7) is 6.39. The molecule has 6 nitrogen and oxygen atoms in total. The summed E-state index contributed by atoms with van der Waals surface area (Å²) in [4.78, 5) is 38.4. The molecule has 83 heavy (non-hydrogen) atoms. The highest BCUT2D eigenvalue weighted by Gasteiger charge is 2.19. The van der Waals surface area contributed by atoms with Crippen LogP contribution >= 0.6 is 0 Å². The molecule has 0 saturated carbocycles. The van der Waals surface area contributed by atoms with Crippen molar-refractivity contribution in [3.8, 4) is 0 Å². The van der Waals surface area contributed by atoms with E-state index in [-0.39, 0.29) is 37.5 Å². The molecule has 0 aromatic rings. The van der Waals surface area contributed by atoms with Crippen LogP contribution in [0.1, 0.15) is 316 Å². The van der Waals surface area contributed by atoms with Gasteiger partial charge in [0.15, 0.2) is 6.10 Å². The predicted molar refractivity (Wildman–Crippen MR) is 362 cm³/mol. The van der Waals surface area contributed by atoms with Gasteiger partial charge in [-0.25, -0.2) is 0 Å². The third kappa shape index (κ3) is 68.2. The molecule has 0 fully saturated rings. The summed E-state index contributed by atoms with van der Waals surface area (Å²) >= 11 is 0. The molecule has 0 spiro atoms. The van der Waals surface area contributed by atoms with Crippen molar-refractivity contribution in [2.75, 3.05) is 13.2 Å². The summed E-state index contributed by atoms with van der Waals surface area (Å²) in [5.74, 6) is -0.949. The Labute approximate surface area is 513 Å². The Bertz CT molecular complexity index is 1750. The topological polar surface area (TPSA) is 78.9 Å². The molecule has 0 aromatic carbocycles. The van der Waals surface area contributed by atoms with Crippen LogP contribution in [0.15, 0.2) is 134 Å². The van der Waals surface area contributed by atoms with Crippen molar-refractivity contribution in [1.82, 2.24) is 0 Å². The third-order valence-corrected chi connectivity index (χ3v) is 14.7. The van der Waals surface area contributed by atoms with Crippen molar-refractivity contribution in [2.45, 2.75) is 322 Å².